The largest absolute Gasteiger partial charge is 0.393 e. The number of aliphatic hydroxyl groups excluding tert-OH is 1. The molecular formula is C19H28O2. The van der Waals surface area contributed by atoms with Crippen LogP contribution in [0.4, 0.5) is 0 Å². The standard InChI is InChI=1S/C19H28O2/c1-12-13(2)21-14(3)19(12)18(20)11-16-9-6-8-15-7-4-5-10-17(15)16/h4-5,7,10,12-14,16,18-20H,6,8-9,11H2,1-3H3. The maximum absolute atomic E-state index is 10.8. The first kappa shape index (κ1) is 15.1. The van der Waals surface area contributed by atoms with Crippen LogP contribution in [0.25, 0.3) is 0 Å². The molecule has 1 heterocycles. The van der Waals surface area contributed by atoms with Gasteiger partial charge >= 0.3 is 0 Å². The van der Waals surface area contributed by atoms with Gasteiger partial charge in [-0.3, -0.25) is 0 Å². The fourth-order valence-electron chi connectivity index (χ4n) is 4.50. The summed E-state index contributed by atoms with van der Waals surface area (Å²) in [5, 5.41) is 10.8. The molecule has 0 saturated carbocycles. The molecule has 0 aromatic heterocycles. The number of fused-ring (bicyclic) bond motifs is 1. The molecule has 116 valence electrons. The van der Waals surface area contributed by atoms with Crippen LogP contribution in [0.1, 0.15) is 57.1 Å². The molecule has 6 unspecified atom stereocenters. The van der Waals surface area contributed by atoms with Crippen molar-refractivity contribution in [2.24, 2.45) is 11.8 Å². The van der Waals surface area contributed by atoms with Crippen LogP contribution >= 0.6 is 0 Å². The Balaban J connectivity index is 1.73. The summed E-state index contributed by atoms with van der Waals surface area (Å²) in [5.41, 5.74) is 2.95. The summed E-state index contributed by atoms with van der Waals surface area (Å²) in [6.45, 7) is 6.46. The third kappa shape index (κ3) is 2.89. The monoisotopic (exact) mass is 288 g/mol. The lowest BCUT2D eigenvalue weighted by Gasteiger charge is -2.31. The van der Waals surface area contributed by atoms with E-state index in [-0.39, 0.29) is 24.2 Å². The first-order valence-electron chi connectivity index (χ1n) is 8.49. The maximum atomic E-state index is 10.8. The van der Waals surface area contributed by atoms with E-state index < -0.39 is 0 Å². The second kappa shape index (κ2) is 6.10. The SMILES string of the molecule is CC1OC(C)C(C(O)CC2CCCc3ccccc32)C1C. The predicted molar refractivity (Wildman–Crippen MR) is 85.4 cm³/mol. The smallest absolute Gasteiger partial charge is 0.0607 e. The number of benzene rings is 1. The van der Waals surface area contributed by atoms with Crippen molar-refractivity contribution in [3.8, 4) is 0 Å². The molecule has 6 atom stereocenters. The summed E-state index contributed by atoms with van der Waals surface area (Å²) in [6, 6.07) is 8.77. The average Bonchev–Trinajstić information content (AvgIpc) is 2.72. The highest BCUT2D eigenvalue weighted by molar-refractivity contribution is 5.32. The molecule has 1 aliphatic carbocycles. The van der Waals surface area contributed by atoms with Crippen molar-refractivity contribution in [3.63, 3.8) is 0 Å². The molecule has 0 radical (unpaired) electrons. The number of rotatable bonds is 3. The molecule has 0 bridgehead atoms. The van der Waals surface area contributed by atoms with Gasteiger partial charge in [-0.05, 0) is 62.5 Å². The van der Waals surface area contributed by atoms with E-state index in [0.29, 0.717) is 11.8 Å². The van der Waals surface area contributed by atoms with Crippen LogP contribution in [-0.2, 0) is 11.2 Å². The average molecular weight is 288 g/mol. The Labute approximate surface area is 128 Å². The van der Waals surface area contributed by atoms with Crippen molar-refractivity contribution in [1.82, 2.24) is 0 Å². The van der Waals surface area contributed by atoms with E-state index in [1.165, 1.54) is 30.4 Å². The van der Waals surface area contributed by atoms with Crippen molar-refractivity contribution >= 4 is 0 Å². The van der Waals surface area contributed by atoms with Crippen LogP contribution in [0.5, 0.6) is 0 Å². The Bertz CT molecular complexity index is 484. The second-order valence-electron chi connectivity index (χ2n) is 7.07. The van der Waals surface area contributed by atoms with Gasteiger partial charge in [-0.25, -0.2) is 0 Å². The number of ether oxygens (including phenoxy) is 1. The lowest BCUT2D eigenvalue weighted by atomic mass is 9.75. The molecule has 1 saturated heterocycles. The summed E-state index contributed by atoms with van der Waals surface area (Å²) in [7, 11) is 0. The Morgan fingerprint density at radius 1 is 1.19 bits per heavy atom. The molecular weight excluding hydrogens is 260 g/mol. The van der Waals surface area contributed by atoms with Crippen LogP contribution in [0, 0.1) is 11.8 Å². The minimum atomic E-state index is -0.254. The van der Waals surface area contributed by atoms with Gasteiger partial charge in [-0.2, -0.15) is 0 Å². The van der Waals surface area contributed by atoms with E-state index in [1.54, 1.807) is 0 Å². The number of aliphatic hydroxyl groups is 1. The van der Waals surface area contributed by atoms with Gasteiger partial charge in [-0.15, -0.1) is 0 Å². The molecule has 0 amide bonds. The number of aryl methyl sites for hydroxylation is 1. The van der Waals surface area contributed by atoms with Crippen molar-refractivity contribution in [2.75, 3.05) is 0 Å². The first-order chi connectivity index (χ1) is 10.1. The van der Waals surface area contributed by atoms with E-state index >= 15 is 0 Å². The molecule has 1 aromatic rings. The van der Waals surface area contributed by atoms with E-state index in [2.05, 4.69) is 45.0 Å². The minimum Gasteiger partial charge on any atom is -0.393 e. The minimum absolute atomic E-state index is 0.170. The number of hydrogen-bond acceptors (Lipinski definition) is 2. The molecule has 1 N–H and O–H groups in total. The van der Waals surface area contributed by atoms with E-state index in [1.807, 2.05) is 0 Å². The number of hydrogen-bond donors (Lipinski definition) is 1. The molecule has 1 aromatic carbocycles. The summed E-state index contributed by atoms with van der Waals surface area (Å²) < 4.78 is 5.91. The zero-order valence-electron chi connectivity index (χ0n) is 13.5. The second-order valence-corrected chi connectivity index (χ2v) is 7.07. The summed E-state index contributed by atoms with van der Waals surface area (Å²) in [6.07, 6.45) is 4.71. The van der Waals surface area contributed by atoms with Gasteiger partial charge in [0, 0.05) is 5.92 Å². The van der Waals surface area contributed by atoms with E-state index in [9.17, 15) is 5.11 Å². The molecule has 1 fully saturated rings. The molecule has 2 heteroatoms. The molecule has 2 nitrogen and oxygen atoms in total. The van der Waals surface area contributed by atoms with E-state index in [4.69, 9.17) is 4.74 Å². The fraction of sp³-hybridized carbons (Fsp3) is 0.684. The lowest BCUT2D eigenvalue weighted by Crippen LogP contribution is -2.32. The quantitative estimate of drug-likeness (QED) is 0.913. The summed E-state index contributed by atoms with van der Waals surface area (Å²) in [4.78, 5) is 0. The van der Waals surface area contributed by atoms with Crippen LogP contribution in [0.2, 0.25) is 0 Å². The lowest BCUT2D eigenvalue weighted by molar-refractivity contribution is 0.0181. The molecule has 21 heavy (non-hydrogen) atoms. The Kier molecular flexibility index (Phi) is 4.37. The van der Waals surface area contributed by atoms with Crippen molar-refractivity contribution in [2.45, 2.75) is 70.7 Å². The van der Waals surface area contributed by atoms with Crippen LogP contribution in [0.3, 0.4) is 0 Å². The Morgan fingerprint density at radius 2 is 1.95 bits per heavy atom. The van der Waals surface area contributed by atoms with Gasteiger partial charge in [-0.1, -0.05) is 31.2 Å². The molecule has 3 rings (SSSR count). The van der Waals surface area contributed by atoms with Gasteiger partial charge in [0.2, 0.25) is 0 Å². The predicted octanol–water partition coefficient (Wildman–Crippen LogP) is 3.92. The van der Waals surface area contributed by atoms with Crippen LogP contribution in [0.15, 0.2) is 24.3 Å². The van der Waals surface area contributed by atoms with Crippen molar-refractivity contribution in [1.29, 1.82) is 0 Å². The Morgan fingerprint density at radius 3 is 2.67 bits per heavy atom. The normalized spacial score (nSPS) is 37.2. The molecule has 2 aliphatic rings. The highest BCUT2D eigenvalue weighted by Gasteiger charge is 2.41. The third-order valence-corrected chi connectivity index (χ3v) is 5.78. The van der Waals surface area contributed by atoms with Gasteiger partial charge in [0.25, 0.3) is 0 Å². The molecule has 0 spiro atoms. The van der Waals surface area contributed by atoms with Gasteiger partial charge in [0.15, 0.2) is 0 Å². The Hall–Kier alpha value is -0.860. The van der Waals surface area contributed by atoms with Gasteiger partial charge in [0.1, 0.15) is 0 Å². The maximum Gasteiger partial charge on any atom is 0.0607 e. The first-order valence-corrected chi connectivity index (χ1v) is 8.49. The van der Waals surface area contributed by atoms with Crippen molar-refractivity contribution < 1.29 is 9.84 Å². The van der Waals surface area contributed by atoms with E-state index in [0.717, 1.165) is 6.42 Å². The topological polar surface area (TPSA) is 29.5 Å². The fourth-order valence-corrected chi connectivity index (χ4v) is 4.50. The highest BCUT2D eigenvalue weighted by atomic mass is 16.5. The van der Waals surface area contributed by atoms with Gasteiger partial charge in [0.05, 0.1) is 18.3 Å². The third-order valence-electron chi connectivity index (χ3n) is 5.78. The summed E-state index contributed by atoms with van der Waals surface area (Å²) in [5.74, 6) is 1.23. The van der Waals surface area contributed by atoms with Crippen LogP contribution < -0.4 is 0 Å². The highest BCUT2D eigenvalue weighted by Crippen LogP contribution is 2.40. The van der Waals surface area contributed by atoms with Crippen molar-refractivity contribution in [3.05, 3.63) is 35.4 Å². The van der Waals surface area contributed by atoms with Crippen LogP contribution in [-0.4, -0.2) is 23.4 Å². The van der Waals surface area contributed by atoms with Gasteiger partial charge < -0.3 is 9.84 Å². The molecule has 1 aliphatic heterocycles. The summed E-state index contributed by atoms with van der Waals surface area (Å²) >= 11 is 0. The zero-order valence-corrected chi connectivity index (χ0v) is 13.5. The zero-order chi connectivity index (χ0) is 15.0.